The Morgan fingerprint density at radius 1 is 0.880 bits per heavy atom. The van der Waals surface area contributed by atoms with E-state index in [1.54, 1.807) is 5.20 Å². The summed E-state index contributed by atoms with van der Waals surface area (Å²) in [4.78, 5) is 0. The van der Waals surface area contributed by atoms with Crippen LogP contribution in [0, 0.1) is 0 Å². The van der Waals surface area contributed by atoms with Crippen molar-refractivity contribution < 1.29 is 0 Å². The molecule has 25 heavy (non-hydrogen) atoms. The maximum absolute atomic E-state index is 2.62. The van der Waals surface area contributed by atoms with Gasteiger partial charge in [0.15, 0.2) is 0 Å². The third-order valence-electron chi connectivity index (χ3n) is 5.75. The van der Waals surface area contributed by atoms with Crippen molar-refractivity contribution in [2.75, 3.05) is 5.79 Å². The normalized spacial score (nSPS) is 16.8. The topological polar surface area (TPSA) is 0 Å². The van der Waals surface area contributed by atoms with Crippen LogP contribution in [-0.2, 0) is 0 Å². The molecule has 130 valence electrons. The minimum Gasteiger partial charge on any atom is -0.0809 e. The maximum atomic E-state index is 2.62. The van der Waals surface area contributed by atoms with Gasteiger partial charge in [-0.3, -0.25) is 0 Å². The minimum atomic E-state index is -1.62. The molecule has 0 bridgehead atoms. The molecule has 0 saturated carbocycles. The zero-order valence-corrected chi connectivity index (χ0v) is 17.8. The maximum Gasteiger partial charge on any atom is 0.0890 e. The summed E-state index contributed by atoms with van der Waals surface area (Å²) < 4.78 is 0. The van der Waals surface area contributed by atoms with Gasteiger partial charge in [-0.15, -0.1) is 0 Å². The van der Waals surface area contributed by atoms with Crippen molar-refractivity contribution in [1.82, 2.24) is 0 Å². The first kappa shape index (κ1) is 18.4. The molecule has 1 unspecified atom stereocenters. The fraction of sp³-hybridized carbons (Fsp3) is 0.304. The van der Waals surface area contributed by atoms with E-state index in [2.05, 4.69) is 106 Å². The van der Waals surface area contributed by atoms with Crippen LogP contribution in [0.3, 0.4) is 0 Å². The molecule has 0 aliphatic heterocycles. The van der Waals surface area contributed by atoms with E-state index in [0.717, 1.165) is 6.42 Å². The van der Waals surface area contributed by atoms with E-state index in [9.17, 15) is 0 Å². The summed E-state index contributed by atoms with van der Waals surface area (Å²) in [6.07, 6.45) is 8.17. The molecule has 0 radical (unpaired) electrons. The zero-order valence-electron chi connectivity index (χ0n) is 15.9. The highest BCUT2D eigenvalue weighted by Gasteiger charge is 2.44. The third kappa shape index (κ3) is 3.89. The van der Waals surface area contributed by atoms with Crippen LogP contribution in [0.2, 0.25) is 11.6 Å². The Morgan fingerprint density at radius 2 is 1.40 bits per heavy atom. The summed E-state index contributed by atoms with van der Waals surface area (Å²) in [6.45, 7) is 10.00. The highest BCUT2D eigenvalue weighted by atomic mass is 31.1. The predicted molar refractivity (Wildman–Crippen MR) is 117 cm³/mol. The van der Waals surface area contributed by atoms with E-state index in [1.165, 1.54) is 16.4 Å². The second-order valence-electron chi connectivity index (χ2n) is 8.16. The second-order valence-corrected chi connectivity index (χ2v) is 16.1. The van der Waals surface area contributed by atoms with Gasteiger partial charge < -0.3 is 0 Å². The lowest BCUT2D eigenvalue weighted by molar-refractivity contribution is 0.722. The van der Waals surface area contributed by atoms with Crippen LogP contribution in [-0.4, -0.2) is 13.9 Å². The molecule has 0 aromatic heterocycles. The van der Waals surface area contributed by atoms with Crippen LogP contribution >= 0.6 is 7.92 Å². The van der Waals surface area contributed by atoms with Crippen molar-refractivity contribution in [2.45, 2.75) is 38.8 Å². The lowest BCUT2D eigenvalue weighted by Gasteiger charge is -2.44. The summed E-state index contributed by atoms with van der Waals surface area (Å²) in [5, 5.41) is 5.10. The lowest BCUT2D eigenvalue weighted by atomic mass is 10.2. The van der Waals surface area contributed by atoms with Gasteiger partial charge >= 0.3 is 0 Å². The number of rotatable bonds is 5. The Kier molecular flexibility index (Phi) is 5.46. The van der Waals surface area contributed by atoms with Crippen molar-refractivity contribution in [3.05, 3.63) is 84.1 Å². The highest BCUT2D eigenvalue weighted by Crippen LogP contribution is 2.49. The lowest BCUT2D eigenvalue weighted by Crippen LogP contribution is -2.48. The minimum absolute atomic E-state index is 0.326. The molecular formula is C23H29PSi. The first-order valence-electron chi connectivity index (χ1n) is 9.16. The molecule has 1 aliphatic rings. The molecule has 3 rings (SSSR count). The van der Waals surface area contributed by atoms with Gasteiger partial charge in [-0.1, -0.05) is 111 Å². The van der Waals surface area contributed by atoms with Crippen LogP contribution in [0.25, 0.3) is 0 Å². The van der Waals surface area contributed by atoms with Crippen LogP contribution < -0.4 is 10.6 Å². The molecule has 1 aliphatic carbocycles. The Labute approximate surface area is 155 Å². The Hall–Kier alpha value is -1.43. The molecule has 2 aromatic carbocycles. The summed E-state index contributed by atoms with van der Waals surface area (Å²) >= 11 is 0. The molecule has 0 N–H and O–H groups in total. The van der Waals surface area contributed by atoms with E-state index in [1.807, 2.05) is 0 Å². The van der Waals surface area contributed by atoms with Crippen LogP contribution in [0.1, 0.15) is 27.2 Å². The largest absolute Gasteiger partial charge is 0.0890 e. The van der Waals surface area contributed by atoms with Gasteiger partial charge in [0.1, 0.15) is 0 Å². The summed E-state index contributed by atoms with van der Waals surface area (Å²) in [5.74, 6) is 1.33. The number of allylic oxidation sites excluding steroid dienone is 4. The highest BCUT2D eigenvalue weighted by molar-refractivity contribution is 7.75. The van der Waals surface area contributed by atoms with Gasteiger partial charge in [0.25, 0.3) is 0 Å². The third-order valence-corrected chi connectivity index (χ3v) is 16.5. The molecular weight excluding hydrogens is 335 g/mol. The molecule has 0 nitrogen and oxygen atoms in total. The Morgan fingerprint density at radius 3 is 1.80 bits per heavy atom. The van der Waals surface area contributed by atoms with E-state index in [4.69, 9.17) is 0 Å². The van der Waals surface area contributed by atoms with Crippen LogP contribution in [0.15, 0.2) is 84.1 Å². The van der Waals surface area contributed by atoms with Gasteiger partial charge in [0.2, 0.25) is 0 Å². The Bertz CT molecular complexity index is 716. The van der Waals surface area contributed by atoms with Gasteiger partial charge in [0.05, 0.1) is 8.07 Å². The first-order chi connectivity index (χ1) is 11.9. The quantitative estimate of drug-likeness (QED) is 0.453. The molecule has 0 fully saturated rings. The van der Waals surface area contributed by atoms with Crippen molar-refractivity contribution >= 4 is 26.6 Å². The van der Waals surface area contributed by atoms with Crippen molar-refractivity contribution in [2.24, 2.45) is 0 Å². The number of benzene rings is 2. The molecule has 0 heterocycles. The number of hydrogen-bond acceptors (Lipinski definition) is 0. The Balaban J connectivity index is 2.04. The standard InChI is InChI=1S/C23H29PSi/c1-23(2,3)25(4,22-17-11-12-18-22)19-24(20-13-7-5-8-14-20)21-15-9-6-10-16-21/h5-17H,18-19H2,1-4H3. The van der Waals surface area contributed by atoms with E-state index in [0.29, 0.717) is 5.04 Å². The van der Waals surface area contributed by atoms with E-state index >= 15 is 0 Å². The zero-order chi connectivity index (χ0) is 17.9. The molecule has 1 atom stereocenters. The summed E-state index contributed by atoms with van der Waals surface area (Å²) in [6, 6.07) is 22.4. The molecule has 2 heteroatoms. The number of hydrogen-bond donors (Lipinski definition) is 0. The monoisotopic (exact) mass is 364 g/mol. The fourth-order valence-electron chi connectivity index (χ4n) is 3.54. The van der Waals surface area contributed by atoms with Crippen molar-refractivity contribution in [1.29, 1.82) is 0 Å². The first-order valence-corrected chi connectivity index (χ1v) is 13.4. The van der Waals surface area contributed by atoms with Gasteiger partial charge in [-0.05, 0) is 35.8 Å². The smallest absolute Gasteiger partial charge is 0.0809 e. The van der Waals surface area contributed by atoms with E-state index < -0.39 is 8.07 Å². The van der Waals surface area contributed by atoms with Gasteiger partial charge in [-0.25, -0.2) is 0 Å². The van der Waals surface area contributed by atoms with Gasteiger partial charge in [-0.2, -0.15) is 0 Å². The van der Waals surface area contributed by atoms with Crippen molar-refractivity contribution in [3.63, 3.8) is 0 Å². The molecule has 0 spiro atoms. The predicted octanol–water partition coefficient (Wildman–Crippen LogP) is 5.96. The van der Waals surface area contributed by atoms with Crippen LogP contribution in [0.5, 0.6) is 0 Å². The molecule has 0 saturated heterocycles. The summed E-state index contributed by atoms with van der Waals surface area (Å²) in [5.41, 5.74) is 0. The van der Waals surface area contributed by atoms with E-state index in [-0.39, 0.29) is 7.92 Å². The molecule has 2 aromatic rings. The van der Waals surface area contributed by atoms with Crippen LogP contribution in [0.4, 0.5) is 0 Å². The molecule has 0 amide bonds. The average Bonchev–Trinajstić information content (AvgIpc) is 3.15. The van der Waals surface area contributed by atoms with Gasteiger partial charge in [0, 0.05) is 0 Å². The average molecular weight is 365 g/mol. The fourth-order valence-corrected chi connectivity index (χ4v) is 13.6. The SMILES string of the molecule is CC(C)(C)[Si](C)(CP(c1ccccc1)c1ccccc1)C1=CC=CC1. The second kappa shape index (κ2) is 7.44. The van der Waals surface area contributed by atoms with Crippen molar-refractivity contribution in [3.8, 4) is 0 Å². The summed E-state index contributed by atoms with van der Waals surface area (Å²) in [7, 11) is -1.95.